The zero-order valence-electron chi connectivity index (χ0n) is 42.5. The van der Waals surface area contributed by atoms with E-state index in [1.165, 1.54) is 103 Å². The molecule has 0 aliphatic heterocycles. The Labute approximate surface area is 395 Å². The zero-order chi connectivity index (χ0) is 47.3. The highest BCUT2D eigenvalue weighted by molar-refractivity contribution is 7.45. The monoisotopic (exact) mass is 921 g/mol. The number of rotatable bonds is 47. The van der Waals surface area contributed by atoms with Gasteiger partial charge in [0.15, 0.2) is 0 Å². The average Bonchev–Trinajstić information content (AvgIpc) is 3.25. The first-order valence-corrected chi connectivity index (χ1v) is 27.9. The summed E-state index contributed by atoms with van der Waals surface area (Å²) in [5, 5.41) is 2.99. The van der Waals surface area contributed by atoms with Gasteiger partial charge in [-0.05, 0) is 76.7 Å². The van der Waals surface area contributed by atoms with Crippen LogP contribution in [0.1, 0.15) is 233 Å². The Kier molecular flexibility index (Phi) is 43.4. The summed E-state index contributed by atoms with van der Waals surface area (Å²) < 4.78 is 30.1. The molecule has 0 spiro atoms. The molecule has 3 unspecified atom stereocenters. The minimum absolute atomic E-state index is 0.0290. The number of carbonyl (C=O) groups is 2. The molecular weight excluding hydrogens is 820 g/mol. The van der Waals surface area contributed by atoms with Gasteiger partial charge in [0, 0.05) is 12.8 Å². The minimum atomic E-state index is -4.69. The van der Waals surface area contributed by atoms with Crippen LogP contribution in [0.15, 0.2) is 48.6 Å². The van der Waals surface area contributed by atoms with Gasteiger partial charge in [-0.1, -0.05) is 192 Å². The molecule has 0 aromatic carbocycles. The summed E-state index contributed by atoms with van der Waals surface area (Å²) in [5.41, 5.74) is 0. The van der Waals surface area contributed by atoms with Crippen LogP contribution in [0.3, 0.4) is 0 Å². The molecule has 0 rings (SSSR count). The molecule has 1 N–H and O–H groups in total. The number of ether oxygens (including phenoxy) is 1. The molecule has 10 heteroatoms. The molecular formula is C54H101N2O7P. The Hall–Kier alpha value is -2.03. The fraction of sp³-hybridized carbons (Fsp3) is 0.815. The van der Waals surface area contributed by atoms with Crippen molar-refractivity contribution < 1.29 is 37.3 Å². The second-order valence-corrected chi connectivity index (χ2v) is 20.5. The summed E-state index contributed by atoms with van der Waals surface area (Å²) in [6.45, 7) is 6.75. The summed E-state index contributed by atoms with van der Waals surface area (Å²) in [5.74, 6) is -0.584. The van der Waals surface area contributed by atoms with Crippen LogP contribution in [0.25, 0.3) is 0 Å². The SMILES string of the molecule is CCCC/C=C\CCCCCCCC(=O)OC(/C=C\CCCCCCCCCCC)C(COP(=O)([O-])OCC[N+](C)(C)C)NC(=O)CCCCC/C=C/C=C/CCCCCCCCC. The van der Waals surface area contributed by atoms with Gasteiger partial charge in [-0.25, -0.2) is 0 Å². The number of hydrogen-bond acceptors (Lipinski definition) is 7. The predicted octanol–water partition coefficient (Wildman–Crippen LogP) is 14.7. The van der Waals surface area contributed by atoms with Crippen LogP contribution < -0.4 is 10.2 Å². The van der Waals surface area contributed by atoms with Crippen molar-refractivity contribution in [2.24, 2.45) is 0 Å². The number of phosphoric ester groups is 1. The Bertz CT molecular complexity index is 1240. The lowest BCUT2D eigenvalue weighted by Gasteiger charge is -2.30. The highest BCUT2D eigenvalue weighted by atomic mass is 31.2. The molecule has 0 radical (unpaired) electrons. The maximum absolute atomic E-state index is 13.4. The van der Waals surface area contributed by atoms with Crippen LogP contribution in [0.5, 0.6) is 0 Å². The average molecular weight is 921 g/mol. The van der Waals surface area contributed by atoms with E-state index < -0.39 is 26.6 Å². The number of esters is 1. The third-order valence-electron chi connectivity index (χ3n) is 11.5. The van der Waals surface area contributed by atoms with Crippen LogP contribution in [0, 0.1) is 0 Å². The predicted molar refractivity (Wildman–Crippen MR) is 270 cm³/mol. The first-order valence-electron chi connectivity index (χ1n) is 26.5. The van der Waals surface area contributed by atoms with E-state index >= 15 is 0 Å². The molecule has 3 atom stereocenters. The summed E-state index contributed by atoms with van der Waals surface area (Å²) in [7, 11) is 1.16. The number of carbonyl (C=O) groups excluding carboxylic acids is 2. The molecule has 0 bridgehead atoms. The number of phosphoric acid groups is 1. The lowest BCUT2D eigenvalue weighted by atomic mass is 10.1. The van der Waals surface area contributed by atoms with Gasteiger partial charge in [-0.2, -0.15) is 0 Å². The van der Waals surface area contributed by atoms with Crippen LogP contribution >= 0.6 is 7.82 Å². The minimum Gasteiger partial charge on any atom is -0.756 e. The van der Waals surface area contributed by atoms with Gasteiger partial charge in [0.25, 0.3) is 7.82 Å². The summed E-state index contributed by atoms with van der Waals surface area (Å²) in [6.07, 6.45) is 52.2. The van der Waals surface area contributed by atoms with Gasteiger partial charge in [0.1, 0.15) is 19.3 Å². The number of amides is 1. The molecule has 0 aromatic heterocycles. The van der Waals surface area contributed by atoms with Crippen LogP contribution in [0.2, 0.25) is 0 Å². The number of allylic oxidation sites excluding steroid dienone is 7. The topological polar surface area (TPSA) is 114 Å². The molecule has 0 saturated carbocycles. The van der Waals surface area contributed by atoms with E-state index in [4.69, 9.17) is 13.8 Å². The van der Waals surface area contributed by atoms with Gasteiger partial charge in [-0.3, -0.25) is 14.2 Å². The third kappa shape index (κ3) is 45.1. The van der Waals surface area contributed by atoms with Crippen molar-refractivity contribution in [3.63, 3.8) is 0 Å². The number of nitrogens with one attached hydrogen (secondary N) is 1. The van der Waals surface area contributed by atoms with E-state index in [0.29, 0.717) is 23.9 Å². The van der Waals surface area contributed by atoms with E-state index in [2.05, 4.69) is 62.5 Å². The second kappa shape index (κ2) is 44.8. The normalized spacial score (nSPS) is 14.3. The number of unbranched alkanes of at least 4 members (excludes halogenated alkanes) is 26. The quantitative estimate of drug-likeness (QED) is 0.0161. The Morgan fingerprint density at radius 1 is 0.547 bits per heavy atom. The summed E-state index contributed by atoms with van der Waals surface area (Å²) in [6, 6.07) is -0.902. The second-order valence-electron chi connectivity index (χ2n) is 19.0. The Morgan fingerprint density at radius 3 is 1.48 bits per heavy atom. The van der Waals surface area contributed by atoms with E-state index in [1.807, 2.05) is 33.3 Å². The van der Waals surface area contributed by atoms with Crippen LogP contribution in [-0.2, 0) is 27.9 Å². The Balaban J connectivity index is 5.44. The molecule has 0 aromatic rings. The van der Waals surface area contributed by atoms with E-state index in [9.17, 15) is 19.0 Å². The standard InChI is InChI=1S/C54H101N2O7P/c1-7-10-13-16-19-22-25-26-27-28-29-32-34-37-40-43-46-53(57)55-51(50-62-64(59,60)61-49-48-56(4,5)6)52(45-42-39-36-33-30-23-20-17-14-11-8-2)63-54(58)47-44-41-38-35-31-24-21-18-15-12-9-3/h18,21,27-29,32,42,45,51-52H,7-17,19-20,22-26,30-31,33-41,43-44,46-50H2,1-6H3,(H-,55,57,59,60)/b21-18-,28-27+,32-29+,45-42-. The Morgan fingerprint density at radius 2 is 0.969 bits per heavy atom. The highest BCUT2D eigenvalue weighted by Crippen LogP contribution is 2.38. The van der Waals surface area contributed by atoms with Crippen LogP contribution in [-0.4, -0.2) is 69.4 Å². The summed E-state index contributed by atoms with van der Waals surface area (Å²) >= 11 is 0. The smallest absolute Gasteiger partial charge is 0.306 e. The lowest BCUT2D eigenvalue weighted by molar-refractivity contribution is -0.870. The molecule has 0 aliphatic carbocycles. The lowest BCUT2D eigenvalue weighted by Crippen LogP contribution is -2.47. The molecule has 9 nitrogen and oxygen atoms in total. The molecule has 0 saturated heterocycles. The maximum atomic E-state index is 13.4. The van der Waals surface area contributed by atoms with Crippen molar-refractivity contribution >= 4 is 19.7 Å². The van der Waals surface area contributed by atoms with Crippen molar-refractivity contribution in [3.05, 3.63) is 48.6 Å². The molecule has 0 aliphatic rings. The van der Waals surface area contributed by atoms with Crippen LogP contribution in [0.4, 0.5) is 0 Å². The molecule has 1 amide bonds. The van der Waals surface area contributed by atoms with E-state index in [1.54, 1.807) is 0 Å². The number of nitrogens with zero attached hydrogens (tertiary/aromatic N) is 1. The number of hydrogen-bond donors (Lipinski definition) is 1. The molecule has 0 heterocycles. The van der Waals surface area contributed by atoms with Crippen molar-refractivity contribution in [1.29, 1.82) is 0 Å². The maximum Gasteiger partial charge on any atom is 0.306 e. The van der Waals surface area contributed by atoms with Gasteiger partial charge in [0.05, 0.1) is 33.8 Å². The highest BCUT2D eigenvalue weighted by Gasteiger charge is 2.27. The van der Waals surface area contributed by atoms with Crippen molar-refractivity contribution in [3.8, 4) is 0 Å². The van der Waals surface area contributed by atoms with Gasteiger partial charge >= 0.3 is 5.97 Å². The summed E-state index contributed by atoms with van der Waals surface area (Å²) in [4.78, 5) is 39.6. The van der Waals surface area contributed by atoms with Crippen molar-refractivity contribution in [2.45, 2.75) is 245 Å². The largest absolute Gasteiger partial charge is 0.756 e. The molecule has 374 valence electrons. The third-order valence-corrected chi connectivity index (χ3v) is 12.5. The van der Waals surface area contributed by atoms with Crippen molar-refractivity contribution in [1.82, 2.24) is 5.32 Å². The zero-order valence-corrected chi connectivity index (χ0v) is 43.4. The van der Waals surface area contributed by atoms with Gasteiger partial charge < -0.3 is 28.5 Å². The van der Waals surface area contributed by atoms with E-state index in [-0.39, 0.29) is 31.3 Å². The van der Waals surface area contributed by atoms with E-state index in [0.717, 1.165) is 83.5 Å². The van der Waals surface area contributed by atoms with Gasteiger partial charge in [-0.15, -0.1) is 0 Å². The fourth-order valence-electron chi connectivity index (χ4n) is 7.32. The first-order chi connectivity index (χ1) is 30.9. The number of likely N-dealkylation sites (N-methyl/N-ethyl adjacent to an activating group) is 1. The van der Waals surface area contributed by atoms with Gasteiger partial charge in [0.2, 0.25) is 5.91 Å². The molecule has 0 fully saturated rings. The fourth-order valence-corrected chi connectivity index (χ4v) is 8.04. The first kappa shape index (κ1) is 62.0. The number of quaternary nitrogens is 1. The van der Waals surface area contributed by atoms with Crippen molar-refractivity contribution in [2.75, 3.05) is 40.9 Å². The molecule has 64 heavy (non-hydrogen) atoms.